The molecule has 0 saturated heterocycles. The van der Waals surface area contributed by atoms with E-state index in [-0.39, 0.29) is 11.6 Å². The number of hydrogen-bond donors (Lipinski definition) is 1. The van der Waals surface area contributed by atoms with E-state index in [9.17, 15) is 9.18 Å². The molecule has 0 bridgehead atoms. The monoisotopic (exact) mass is 278 g/mol. The lowest BCUT2D eigenvalue weighted by atomic mass is 10.1. The lowest BCUT2D eigenvalue weighted by molar-refractivity contribution is 0.0946. The second kappa shape index (κ2) is 6.29. The Morgan fingerprint density at radius 2 is 1.84 bits per heavy atom. The average molecular weight is 279 g/mol. The first-order valence-electron chi connectivity index (χ1n) is 5.72. The van der Waals surface area contributed by atoms with E-state index in [0.29, 0.717) is 12.4 Å². The van der Waals surface area contributed by atoms with E-state index in [4.69, 9.17) is 11.6 Å². The highest BCUT2D eigenvalue weighted by Crippen LogP contribution is 2.07. The van der Waals surface area contributed by atoms with Crippen LogP contribution in [0.15, 0.2) is 42.6 Å². The summed E-state index contributed by atoms with van der Waals surface area (Å²) in [6.07, 6.45) is 1.02. The van der Waals surface area contributed by atoms with Crippen molar-refractivity contribution in [2.24, 2.45) is 0 Å². The molecule has 2 aromatic rings. The van der Waals surface area contributed by atoms with Crippen LogP contribution < -0.4 is 5.32 Å². The van der Waals surface area contributed by atoms with Gasteiger partial charge in [-0.2, -0.15) is 0 Å². The van der Waals surface area contributed by atoms with E-state index in [1.54, 1.807) is 0 Å². The van der Waals surface area contributed by atoms with Crippen LogP contribution in [0.1, 0.15) is 21.6 Å². The van der Waals surface area contributed by atoms with Crippen LogP contribution in [-0.4, -0.2) is 10.9 Å². The number of amides is 1. The van der Waals surface area contributed by atoms with Crippen LogP contribution in [0.25, 0.3) is 0 Å². The van der Waals surface area contributed by atoms with E-state index >= 15 is 0 Å². The molecule has 1 N–H and O–H groups in total. The maximum absolute atomic E-state index is 12.7. The van der Waals surface area contributed by atoms with Crippen LogP contribution in [0.2, 0.25) is 0 Å². The maximum Gasteiger partial charge on any atom is 0.270 e. The van der Waals surface area contributed by atoms with Crippen LogP contribution in [0.4, 0.5) is 4.39 Å². The van der Waals surface area contributed by atoms with E-state index in [1.807, 2.05) is 24.3 Å². The van der Waals surface area contributed by atoms with Gasteiger partial charge < -0.3 is 5.32 Å². The number of hydrogen-bond acceptors (Lipinski definition) is 2. The third-order valence-electron chi connectivity index (χ3n) is 2.59. The summed E-state index contributed by atoms with van der Waals surface area (Å²) in [5, 5.41) is 2.72. The molecule has 5 heteroatoms. The number of alkyl halides is 1. The third-order valence-corrected chi connectivity index (χ3v) is 2.90. The summed E-state index contributed by atoms with van der Waals surface area (Å²) in [5.74, 6) is -0.332. The van der Waals surface area contributed by atoms with Crippen LogP contribution in [-0.2, 0) is 12.4 Å². The first-order chi connectivity index (χ1) is 9.19. The van der Waals surface area contributed by atoms with Gasteiger partial charge in [0, 0.05) is 12.4 Å². The number of rotatable bonds is 4. The van der Waals surface area contributed by atoms with Gasteiger partial charge in [-0.3, -0.25) is 4.79 Å². The molecule has 2 rings (SSSR count). The fourth-order valence-corrected chi connectivity index (χ4v) is 1.71. The highest BCUT2D eigenvalue weighted by Gasteiger charge is 2.06. The fraction of sp³-hybridized carbons (Fsp3) is 0.143. The Hall–Kier alpha value is -1.94. The summed E-state index contributed by atoms with van der Waals surface area (Å²) in [5.41, 5.74) is 2.18. The van der Waals surface area contributed by atoms with Crippen molar-refractivity contribution in [3.8, 4) is 0 Å². The molecule has 1 aromatic carbocycles. The van der Waals surface area contributed by atoms with Gasteiger partial charge in [-0.05, 0) is 23.3 Å². The zero-order valence-electron chi connectivity index (χ0n) is 10.1. The largest absolute Gasteiger partial charge is 0.347 e. The lowest BCUT2D eigenvalue weighted by Crippen LogP contribution is -2.23. The summed E-state index contributed by atoms with van der Waals surface area (Å²) < 4.78 is 12.7. The van der Waals surface area contributed by atoms with Crippen molar-refractivity contribution in [1.82, 2.24) is 10.3 Å². The lowest BCUT2D eigenvalue weighted by Gasteiger charge is -2.05. The third kappa shape index (κ3) is 3.76. The molecule has 1 aromatic heterocycles. The minimum Gasteiger partial charge on any atom is -0.347 e. The number of pyridine rings is 1. The number of aromatic nitrogens is 1. The summed E-state index contributed by atoms with van der Waals surface area (Å²) >= 11 is 5.69. The van der Waals surface area contributed by atoms with Gasteiger partial charge in [-0.1, -0.05) is 24.3 Å². The quantitative estimate of drug-likeness (QED) is 0.874. The van der Waals surface area contributed by atoms with Gasteiger partial charge >= 0.3 is 0 Å². The van der Waals surface area contributed by atoms with Gasteiger partial charge in [-0.25, -0.2) is 9.37 Å². The number of halogens is 2. The Labute approximate surface area is 115 Å². The molecule has 0 spiro atoms. The number of nitrogens with one attached hydrogen (secondary N) is 1. The maximum atomic E-state index is 12.7. The molecule has 0 aliphatic rings. The average Bonchev–Trinajstić information content (AvgIpc) is 2.46. The van der Waals surface area contributed by atoms with Crippen molar-refractivity contribution in [1.29, 1.82) is 0 Å². The van der Waals surface area contributed by atoms with E-state index in [1.165, 1.54) is 12.1 Å². The second-order valence-electron chi connectivity index (χ2n) is 3.99. The normalized spacial score (nSPS) is 10.2. The van der Waals surface area contributed by atoms with Gasteiger partial charge in [-0.15, -0.1) is 11.6 Å². The van der Waals surface area contributed by atoms with Crippen molar-refractivity contribution in [3.05, 3.63) is 65.2 Å². The molecule has 19 heavy (non-hydrogen) atoms. The smallest absolute Gasteiger partial charge is 0.270 e. The highest BCUT2D eigenvalue weighted by atomic mass is 35.5. The topological polar surface area (TPSA) is 42.0 Å². The predicted octanol–water partition coefficient (Wildman–Crippen LogP) is 2.89. The summed E-state index contributed by atoms with van der Waals surface area (Å²) in [6.45, 7) is 0.389. The van der Waals surface area contributed by atoms with Crippen molar-refractivity contribution in [2.45, 2.75) is 12.4 Å². The zero-order chi connectivity index (χ0) is 13.7. The Kier molecular flexibility index (Phi) is 4.47. The predicted molar refractivity (Wildman–Crippen MR) is 71.4 cm³/mol. The van der Waals surface area contributed by atoms with Crippen molar-refractivity contribution in [2.75, 3.05) is 0 Å². The van der Waals surface area contributed by atoms with Gasteiger partial charge in [0.1, 0.15) is 11.5 Å². The molecule has 0 unspecified atom stereocenters. The molecule has 98 valence electrons. The first-order valence-corrected chi connectivity index (χ1v) is 6.26. The van der Waals surface area contributed by atoms with Crippen molar-refractivity contribution >= 4 is 17.5 Å². The fourth-order valence-electron chi connectivity index (χ4n) is 1.53. The Bertz CT molecular complexity index is 555. The number of carbonyl (C=O) groups is 1. The Balaban J connectivity index is 1.94. The van der Waals surface area contributed by atoms with E-state index in [2.05, 4.69) is 10.3 Å². The van der Waals surface area contributed by atoms with E-state index < -0.39 is 5.82 Å². The molecule has 0 fully saturated rings. The SMILES string of the molecule is O=C(NCc1ccc(CCl)cc1)c1ccc(F)cn1. The molecule has 0 aliphatic heterocycles. The van der Waals surface area contributed by atoms with Gasteiger partial charge in [0.15, 0.2) is 0 Å². The van der Waals surface area contributed by atoms with Crippen LogP contribution in [0.3, 0.4) is 0 Å². The van der Waals surface area contributed by atoms with Gasteiger partial charge in [0.05, 0.1) is 6.20 Å². The minimum atomic E-state index is -0.465. The zero-order valence-corrected chi connectivity index (χ0v) is 10.8. The molecule has 0 radical (unpaired) electrons. The molecule has 1 amide bonds. The molecule has 3 nitrogen and oxygen atoms in total. The minimum absolute atomic E-state index is 0.193. The molecule has 0 saturated carbocycles. The summed E-state index contributed by atoms with van der Waals surface area (Å²) in [6, 6.07) is 10.2. The van der Waals surface area contributed by atoms with Crippen molar-refractivity contribution in [3.63, 3.8) is 0 Å². The molecule has 0 aliphatic carbocycles. The molecule has 1 heterocycles. The highest BCUT2D eigenvalue weighted by molar-refractivity contribution is 6.17. The second-order valence-corrected chi connectivity index (χ2v) is 4.26. The van der Waals surface area contributed by atoms with Crippen LogP contribution >= 0.6 is 11.6 Å². The Morgan fingerprint density at radius 1 is 1.16 bits per heavy atom. The van der Waals surface area contributed by atoms with Gasteiger partial charge in [0.25, 0.3) is 5.91 Å². The molecule has 0 atom stereocenters. The standard InChI is InChI=1S/C14H12ClFN2O/c15-7-10-1-3-11(4-2-10)8-18-14(19)13-6-5-12(16)9-17-13/h1-6,9H,7-8H2,(H,18,19). The van der Waals surface area contributed by atoms with Crippen LogP contribution in [0.5, 0.6) is 0 Å². The summed E-state index contributed by atoms with van der Waals surface area (Å²) in [4.78, 5) is 15.4. The molecular weight excluding hydrogens is 267 g/mol. The van der Waals surface area contributed by atoms with E-state index in [0.717, 1.165) is 17.3 Å². The van der Waals surface area contributed by atoms with Crippen molar-refractivity contribution < 1.29 is 9.18 Å². The van der Waals surface area contributed by atoms with Crippen LogP contribution in [0, 0.1) is 5.82 Å². The number of carbonyl (C=O) groups excluding carboxylic acids is 1. The Morgan fingerprint density at radius 3 is 2.42 bits per heavy atom. The molecular formula is C14H12ClFN2O. The first kappa shape index (κ1) is 13.5. The number of nitrogens with zero attached hydrogens (tertiary/aromatic N) is 1. The number of benzene rings is 1. The summed E-state index contributed by atoms with van der Waals surface area (Å²) in [7, 11) is 0. The van der Waals surface area contributed by atoms with Gasteiger partial charge in [0.2, 0.25) is 0 Å².